The largest absolute Gasteiger partial charge is 0.493 e. The Hall–Kier alpha value is -1.58. The topological polar surface area (TPSA) is 35.5 Å². The van der Waals surface area contributed by atoms with Crippen LogP contribution in [-0.4, -0.2) is 24.9 Å². The summed E-state index contributed by atoms with van der Waals surface area (Å²) in [4.78, 5) is 11.3. The van der Waals surface area contributed by atoms with Gasteiger partial charge in [-0.05, 0) is 75.0 Å². The van der Waals surface area contributed by atoms with Crippen molar-refractivity contribution in [2.24, 2.45) is 5.92 Å². The van der Waals surface area contributed by atoms with Gasteiger partial charge in [-0.3, -0.25) is 0 Å². The molecule has 2 saturated carbocycles. The molecule has 1 aromatic rings. The molecule has 0 aliphatic heterocycles. The van der Waals surface area contributed by atoms with E-state index in [2.05, 4.69) is 24.3 Å². The molecule has 2 fully saturated rings. The first-order valence-corrected chi connectivity index (χ1v) is 10.2. The zero-order chi connectivity index (χ0) is 18.4. The number of rotatable bonds is 6. The van der Waals surface area contributed by atoms with Gasteiger partial charge in [-0.15, -0.1) is 0 Å². The summed E-state index contributed by atoms with van der Waals surface area (Å²) in [5.74, 6) is 1.40. The zero-order valence-corrected chi connectivity index (χ0v) is 15.8. The Morgan fingerprint density at radius 3 is 2.31 bits per heavy atom. The fourth-order valence-electron chi connectivity index (χ4n) is 4.16. The lowest BCUT2D eigenvalue weighted by atomic mass is 9.84. The average molecular weight is 362 g/mol. The molecule has 2 aliphatic rings. The van der Waals surface area contributed by atoms with Crippen molar-refractivity contribution >= 4 is 5.97 Å². The molecule has 3 nitrogen and oxygen atoms in total. The predicted molar refractivity (Wildman–Crippen MR) is 100 cm³/mol. The fourth-order valence-corrected chi connectivity index (χ4v) is 4.16. The Morgan fingerprint density at radius 1 is 1.04 bits per heavy atom. The molecule has 144 valence electrons. The van der Waals surface area contributed by atoms with Crippen molar-refractivity contribution in [2.45, 2.75) is 82.9 Å². The van der Waals surface area contributed by atoms with E-state index in [1.54, 1.807) is 0 Å². The quantitative estimate of drug-likeness (QED) is 0.620. The highest BCUT2D eigenvalue weighted by Gasteiger charge is 2.26. The van der Waals surface area contributed by atoms with Crippen LogP contribution in [0.4, 0.5) is 4.39 Å². The SMILES string of the molecule is C[C@@H](F)C(=O)OC1CCC(COc2ccc(C3CCCCC3)cc2)CC1. The van der Waals surface area contributed by atoms with E-state index in [0.29, 0.717) is 12.5 Å². The van der Waals surface area contributed by atoms with Crippen molar-refractivity contribution in [3.8, 4) is 5.75 Å². The second-order valence-corrected chi connectivity index (χ2v) is 7.91. The normalized spacial score (nSPS) is 25.5. The number of alkyl halides is 1. The van der Waals surface area contributed by atoms with Gasteiger partial charge < -0.3 is 9.47 Å². The monoisotopic (exact) mass is 362 g/mol. The summed E-state index contributed by atoms with van der Waals surface area (Å²) in [7, 11) is 0. The van der Waals surface area contributed by atoms with E-state index in [0.717, 1.165) is 37.4 Å². The van der Waals surface area contributed by atoms with Gasteiger partial charge in [-0.2, -0.15) is 0 Å². The first-order chi connectivity index (χ1) is 12.6. The smallest absolute Gasteiger partial charge is 0.340 e. The van der Waals surface area contributed by atoms with Crippen LogP contribution in [0.15, 0.2) is 24.3 Å². The van der Waals surface area contributed by atoms with Crippen LogP contribution in [0.1, 0.15) is 76.2 Å². The summed E-state index contributed by atoms with van der Waals surface area (Å²) in [6.45, 7) is 1.92. The van der Waals surface area contributed by atoms with Gasteiger partial charge in [-0.1, -0.05) is 31.4 Å². The van der Waals surface area contributed by atoms with Crippen LogP contribution in [0.5, 0.6) is 5.75 Å². The maximum Gasteiger partial charge on any atom is 0.340 e. The summed E-state index contributed by atoms with van der Waals surface area (Å²) in [5.41, 5.74) is 1.45. The maximum atomic E-state index is 12.9. The summed E-state index contributed by atoms with van der Waals surface area (Å²) < 4.78 is 24.0. The van der Waals surface area contributed by atoms with Crippen LogP contribution in [0.25, 0.3) is 0 Å². The van der Waals surface area contributed by atoms with Crippen molar-refractivity contribution in [3.63, 3.8) is 0 Å². The van der Waals surface area contributed by atoms with Gasteiger partial charge in [0.05, 0.1) is 6.61 Å². The number of ether oxygens (including phenoxy) is 2. The van der Waals surface area contributed by atoms with Crippen molar-refractivity contribution in [3.05, 3.63) is 29.8 Å². The van der Waals surface area contributed by atoms with Crippen molar-refractivity contribution < 1.29 is 18.7 Å². The van der Waals surface area contributed by atoms with E-state index in [-0.39, 0.29) is 6.10 Å². The Morgan fingerprint density at radius 2 is 1.69 bits per heavy atom. The van der Waals surface area contributed by atoms with E-state index >= 15 is 0 Å². The molecular formula is C22H31FO3. The molecule has 0 spiro atoms. The van der Waals surface area contributed by atoms with Crippen LogP contribution < -0.4 is 4.74 Å². The molecule has 4 heteroatoms. The van der Waals surface area contributed by atoms with E-state index in [1.165, 1.54) is 44.6 Å². The minimum absolute atomic E-state index is 0.133. The van der Waals surface area contributed by atoms with Gasteiger partial charge in [0, 0.05) is 0 Å². The number of benzene rings is 1. The van der Waals surface area contributed by atoms with Crippen LogP contribution in [0.3, 0.4) is 0 Å². The molecule has 0 unspecified atom stereocenters. The lowest BCUT2D eigenvalue weighted by molar-refractivity contribution is -0.156. The van der Waals surface area contributed by atoms with Gasteiger partial charge in [0.2, 0.25) is 0 Å². The first-order valence-electron chi connectivity index (χ1n) is 10.2. The summed E-state index contributed by atoms with van der Waals surface area (Å²) in [6.07, 6.45) is 8.56. The van der Waals surface area contributed by atoms with Gasteiger partial charge in [-0.25, -0.2) is 9.18 Å². The number of hydrogen-bond donors (Lipinski definition) is 0. The Balaban J connectivity index is 1.39. The molecular weight excluding hydrogens is 331 g/mol. The van der Waals surface area contributed by atoms with Crippen molar-refractivity contribution in [1.29, 1.82) is 0 Å². The van der Waals surface area contributed by atoms with E-state index in [1.807, 2.05) is 0 Å². The molecule has 0 heterocycles. The Kier molecular flexibility index (Phi) is 6.93. The number of halogens is 1. The summed E-state index contributed by atoms with van der Waals surface area (Å²) in [5, 5.41) is 0. The highest BCUT2D eigenvalue weighted by atomic mass is 19.1. The minimum Gasteiger partial charge on any atom is -0.493 e. The minimum atomic E-state index is -1.53. The Bertz CT molecular complexity index is 555. The molecule has 0 N–H and O–H groups in total. The number of carbonyl (C=O) groups excluding carboxylic acids is 1. The van der Waals surface area contributed by atoms with Gasteiger partial charge >= 0.3 is 5.97 Å². The molecule has 0 radical (unpaired) electrons. The van der Waals surface area contributed by atoms with Crippen LogP contribution >= 0.6 is 0 Å². The lowest BCUT2D eigenvalue weighted by Gasteiger charge is -2.28. The Labute approximate surface area is 156 Å². The number of esters is 1. The van der Waals surface area contributed by atoms with Crippen LogP contribution in [0, 0.1) is 5.92 Å². The van der Waals surface area contributed by atoms with Crippen LogP contribution in [-0.2, 0) is 9.53 Å². The molecule has 0 amide bonds. The van der Waals surface area contributed by atoms with Crippen molar-refractivity contribution in [1.82, 2.24) is 0 Å². The van der Waals surface area contributed by atoms with E-state index in [9.17, 15) is 9.18 Å². The third-order valence-corrected chi connectivity index (χ3v) is 5.84. The third kappa shape index (κ3) is 5.46. The highest BCUT2D eigenvalue weighted by Crippen LogP contribution is 2.33. The molecule has 0 bridgehead atoms. The predicted octanol–water partition coefficient (Wildman–Crippen LogP) is 5.57. The zero-order valence-electron chi connectivity index (χ0n) is 15.8. The highest BCUT2D eigenvalue weighted by molar-refractivity contribution is 5.74. The van der Waals surface area contributed by atoms with Crippen molar-refractivity contribution in [2.75, 3.05) is 6.61 Å². The molecule has 26 heavy (non-hydrogen) atoms. The average Bonchev–Trinajstić information content (AvgIpc) is 2.68. The maximum absolute atomic E-state index is 12.9. The molecule has 1 aromatic carbocycles. The number of carbonyl (C=O) groups is 1. The second kappa shape index (κ2) is 9.38. The molecule has 1 atom stereocenters. The standard InChI is InChI=1S/C22H31FO3/c1-16(23)22(24)26-21-11-7-17(8-12-21)15-25-20-13-9-19(10-14-20)18-5-3-2-4-6-18/h9-10,13-14,16-18,21H,2-8,11-12,15H2,1H3/t16-,17?,21?/m1/s1. The first kappa shape index (κ1) is 19.2. The lowest BCUT2D eigenvalue weighted by Crippen LogP contribution is -2.29. The van der Waals surface area contributed by atoms with Crippen LogP contribution in [0.2, 0.25) is 0 Å². The number of hydrogen-bond acceptors (Lipinski definition) is 3. The van der Waals surface area contributed by atoms with Gasteiger partial charge in [0.1, 0.15) is 11.9 Å². The molecule has 3 rings (SSSR count). The molecule has 2 aliphatic carbocycles. The van der Waals surface area contributed by atoms with E-state index < -0.39 is 12.1 Å². The summed E-state index contributed by atoms with van der Waals surface area (Å²) in [6, 6.07) is 8.64. The molecule has 0 aromatic heterocycles. The third-order valence-electron chi connectivity index (χ3n) is 5.84. The molecule has 0 saturated heterocycles. The van der Waals surface area contributed by atoms with Gasteiger partial charge in [0.15, 0.2) is 6.17 Å². The fraction of sp³-hybridized carbons (Fsp3) is 0.682. The van der Waals surface area contributed by atoms with E-state index in [4.69, 9.17) is 9.47 Å². The second-order valence-electron chi connectivity index (χ2n) is 7.91. The summed E-state index contributed by atoms with van der Waals surface area (Å²) >= 11 is 0. The van der Waals surface area contributed by atoms with Gasteiger partial charge in [0.25, 0.3) is 0 Å².